The Hall–Kier alpha value is -0.910. The van der Waals surface area contributed by atoms with Crippen LogP contribution in [0, 0.1) is 5.92 Å². The van der Waals surface area contributed by atoms with Crippen molar-refractivity contribution in [3.05, 3.63) is 18.2 Å². The maximum absolute atomic E-state index is 6.32. The first-order valence-corrected chi connectivity index (χ1v) is 6.76. The minimum atomic E-state index is -0.0105. The Balaban J connectivity index is 1.70. The van der Waals surface area contributed by atoms with Gasteiger partial charge in [0.25, 0.3) is 0 Å². The highest BCUT2D eigenvalue weighted by Gasteiger charge is 2.41. The minimum Gasteiger partial charge on any atom is -0.381 e. The summed E-state index contributed by atoms with van der Waals surface area (Å²) in [5.41, 5.74) is 6.33. The molecule has 0 aliphatic carbocycles. The topological polar surface area (TPSA) is 73.2 Å². The zero-order valence-electron chi connectivity index (χ0n) is 10.6. The lowest BCUT2D eigenvalue weighted by Crippen LogP contribution is -2.46. The van der Waals surface area contributed by atoms with E-state index in [0.717, 1.165) is 51.3 Å². The summed E-state index contributed by atoms with van der Waals surface area (Å²) in [4.78, 5) is 7.40. The fraction of sp³-hybridized carbons (Fsp3) is 0.769. The van der Waals surface area contributed by atoms with Crippen molar-refractivity contribution < 1.29 is 9.47 Å². The van der Waals surface area contributed by atoms with Gasteiger partial charge in [0.05, 0.1) is 11.6 Å². The number of nitrogens with one attached hydrogen (secondary N) is 1. The summed E-state index contributed by atoms with van der Waals surface area (Å²) >= 11 is 0. The van der Waals surface area contributed by atoms with Gasteiger partial charge in [-0.25, -0.2) is 4.98 Å². The number of hydrogen-bond acceptors (Lipinski definition) is 4. The van der Waals surface area contributed by atoms with Crippen LogP contribution < -0.4 is 5.73 Å². The molecule has 0 amide bonds. The van der Waals surface area contributed by atoms with Gasteiger partial charge in [-0.15, -0.1) is 0 Å². The number of imidazole rings is 1. The quantitative estimate of drug-likeness (QED) is 0.833. The summed E-state index contributed by atoms with van der Waals surface area (Å²) in [6.45, 7) is 2.42. The molecule has 2 fully saturated rings. The fourth-order valence-corrected chi connectivity index (χ4v) is 3.15. The maximum Gasteiger partial charge on any atom is 0.123 e. The summed E-state index contributed by atoms with van der Waals surface area (Å²) < 4.78 is 11.5. The highest BCUT2D eigenvalue weighted by molar-refractivity contribution is 5.00. The first-order valence-electron chi connectivity index (χ1n) is 6.76. The largest absolute Gasteiger partial charge is 0.381 e. The standard InChI is InChI=1S/C13H21N3O2/c14-11(12-15-4-5-16-12)10-1-6-18-13(9-10)2-7-17-8-3-13/h4-5,10-11H,1-3,6-9,14H2,(H,15,16). The van der Waals surface area contributed by atoms with E-state index in [-0.39, 0.29) is 11.6 Å². The molecule has 3 heterocycles. The molecule has 2 aliphatic rings. The van der Waals surface area contributed by atoms with Crippen LogP contribution in [0.2, 0.25) is 0 Å². The number of aromatic amines is 1. The van der Waals surface area contributed by atoms with Gasteiger partial charge in [-0.2, -0.15) is 0 Å². The minimum absolute atomic E-state index is 0.00534. The van der Waals surface area contributed by atoms with E-state index in [4.69, 9.17) is 15.2 Å². The summed E-state index contributed by atoms with van der Waals surface area (Å²) in [6.07, 6.45) is 7.63. The molecule has 5 heteroatoms. The lowest BCUT2D eigenvalue weighted by molar-refractivity contribution is -0.149. The van der Waals surface area contributed by atoms with Crippen LogP contribution in [-0.2, 0) is 9.47 Å². The third-order valence-corrected chi connectivity index (χ3v) is 4.28. The molecule has 2 saturated heterocycles. The Kier molecular flexibility index (Phi) is 3.37. The van der Waals surface area contributed by atoms with Crippen molar-refractivity contribution in [2.45, 2.75) is 37.3 Å². The normalized spacial score (nSPS) is 29.3. The lowest BCUT2D eigenvalue weighted by Gasteiger charge is -2.44. The van der Waals surface area contributed by atoms with E-state index in [9.17, 15) is 0 Å². The highest BCUT2D eigenvalue weighted by atomic mass is 16.5. The molecule has 100 valence electrons. The van der Waals surface area contributed by atoms with Crippen LogP contribution in [0.1, 0.15) is 37.5 Å². The van der Waals surface area contributed by atoms with Crippen LogP contribution in [0.3, 0.4) is 0 Å². The fourth-order valence-electron chi connectivity index (χ4n) is 3.15. The van der Waals surface area contributed by atoms with E-state index in [1.807, 2.05) is 6.20 Å². The molecule has 2 atom stereocenters. The van der Waals surface area contributed by atoms with Gasteiger partial charge in [0.1, 0.15) is 5.82 Å². The molecule has 0 bridgehead atoms. The highest BCUT2D eigenvalue weighted by Crippen LogP contribution is 2.40. The Morgan fingerprint density at radius 3 is 2.94 bits per heavy atom. The molecule has 5 nitrogen and oxygen atoms in total. The van der Waals surface area contributed by atoms with E-state index in [0.29, 0.717) is 5.92 Å². The van der Waals surface area contributed by atoms with Gasteiger partial charge >= 0.3 is 0 Å². The Labute approximate surface area is 107 Å². The van der Waals surface area contributed by atoms with Gasteiger partial charge in [-0.05, 0) is 31.6 Å². The average molecular weight is 251 g/mol. The van der Waals surface area contributed by atoms with E-state index < -0.39 is 0 Å². The van der Waals surface area contributed by atoms with Gasteiger partial charge in [-0.3, -0.25) is 0 Å². The second kappa shape index (κ2) is 4.99. The zero-order chi connectivity index (χ0) is 12.4. The van der Waals surface area contributed by atoms with Crippen LogP contribution >= 0.6 is 0 Å². The third-order valence-electron chi connectivity index (χ3n) is 4.28. The number of aromatic nitrogens is 2. The van der Waals surface area contributed by atoms with Crippen molar-refractivity contribution in [3.8, 4) is 0 Å². The number of rotatable bonds is 2. The van der Waals surface area contributed by atoms with Crippen molar-refractivity contribution in [1.82, 2.24) is 9.97 Å². The van der Waals surface area contributed by atoms with Gasteiger partial charge < -0.3 is 20.2 Å². The Morgan fingerprint density at radius 2 is 2.22 bits per heavy atom. The summed E-state index contributed by atoms with van der Waals surface area (Å²) in [5, 5.41) is 0. The number of H-pyrrole nitrogens is 1. The first-order chi connectivity index (χ1) is 8.79. The van der Waals surface area contributed by atoms with Crippen LogP contribution in [0.25, 0.3) is 0 Å². The second-order valence-corrected chi connectivity index (χ2v) is 5.40. The van der Waals surface area contributed by atoms with E-state index in [2.05, 4.69) is 9.97 Å². The number of nitrogens with two attached hydrogens (primary N) is 1. The molecule has 0 radical (unpaired) electrons. The molecule has 0 saturated carbocycles. The predicted molar refractivity (Wildman–Crippen MR) is 67.0 cm³/mol. The molecular weight excluding hydrogens is 230 g/mol. The van der Waals surface area contributed by atoms with Crippen LogP contribution in [0.5, 0.6) is 0 Å². The van der Waals surface area contributed by atoms with Crippen molar-refractivity contribution >= 4 is 0 Å². The van der Waals surface area contributed by atoms with Gasteiger partial charge in [0.2, 0.25) is 0 Å². The first kappa shape index (κ1) is 12.1. The van der Waals surface area contributed by atoms with E-state index in [1.54, 1.807) is 6.20 Å². The smallest absolute Gasteiger partial charge is 0.123 e. The summed E-state index contributed by atoms with van der Waals surface area (Å²) in [6, 6.07) is -0.0105. The van der Waals surface area contributed by atoms with Crippen LogP contribution in [0.15, 0.2) is 12.4 Å². The molecule has 1 aromatic heterocycles. The second-order valence-electron chi connectivity index (χ2n) is 5.40. The van der Waals surface area contributed by atoms with Gasteiger partial charge in [0, 0.05) is 32.2 Å². The Morgan fingerprint density at radius 1 is 1.39 bits per heavy atom. The molecule has 2 aliphatic heterocycles. The van der Waals surface area contributed by atoms with E-state index in [1.165, 1.54) is 0 Å². The third kappa shape index (κ3) is 2.30. The van der Waals surface area contributed by atoms with Crippen molar-refractivity contribution in [1.29, 1.82) is 0 Å². The molecular formula is C13H21N3O2. The van der Waals surface area contributed by atoms with Crippen LogP contribution in [-0.4, -0.2) is 35.4 Å². The number of hydrogen-bond donors (Lipinski definition) is 2. The lowest BCUT2D eigenvalue weighted by atomic mass is 9.78. The number of nitrogens with zero attached hydrogens (tertiary/aromatic N) is 1. The molecule has 3 rings (SSSR count). The predicted octanol–water partition coefficient (Wildman–Crippen LogP) is 1.39. The molecule has 1 aromatic rings. The van der Waals surface area contributed by atoms with Crippen molar-refractivity contribution in [2.24, 2.45) is 11.7 Å². The van der Waals surface area contributed by atoms with Crippen molar-refractivity contribution in [2.75, 3.05) is 19.8 Å². The van der Waals surface area contributed by atoms with Crippen molar-refractivity contribution in [3.63, 3.8) is 0 Å². The average Bonchev–Trinajstić information content (AvgIpc) is 2.93. The molecule has 18 heavy (non-hydrogen) atoms. The van der Waals surface area contributed by atoms with Gasteiger partial charge in [0.15, 0.2) is 0 Å². The van der Waals surface area contributed by atoms with Gasteiger partial charge in [-0.1, -0.05) is 0 Å². The summed E-state index contributed by atoms with van der Waals surface area (Å²) in [5.74, 6) is 1.34. The van der Waals surface area contributed by atoms with E-state index >= 15 is 0 Å². The molecule has 1 spiro atoms. The molecule has 2 unspecified atom stereocenters. The molecule has 0 aromatic carbocycles. The zero-order valence-corrected chi connectivity index (χ0v) is 10.6. The Bertz CT molecular complexity index is 368. The SMILES string of the molecule is NC(c1ncc[nH]1)C1CCOC2(CCOCC2)C1. The number of ether oxygens (including phenoxy) is 2. The maximum atomic E-state index is 6.32. The molecule has 3 N–H and O–H groups in total. The monoisotopic (exact) mass is 251 g/mol. The summed E-state index contributed by atoms with van der Waals surface area (Å²) in [7, 11) is 0. The van der Waals surface area contributed by atoms with Crippen LogP contribution in [0.4, 0.5) is 0 Å².